The summed E-state index contributed by atoms with van der Waals surface area (Å²) in [7, 11) is 5.82. The molecule has 164 valence electrons. The highest BCUT2D eigenvalue weighted by Gasteiger charge is 2.13. The van der Waals surface area contributed by atoms with E-state index in [0.29, 0.717) is 12.5 Å². The number of nitrogens with zero attached hydrogens (tertiary/aromatic N) is 3. The van der Waals surface area contributed by atoms with Gasteiger partial charge in [0.15, 0.2) is 5.96 Å². The summed E-state index contributed by atoms with van der Waals surface area (Å²) in [6.45, 7) is 4.88. The van der Waals surface area contributed by atoms with Gasteiger partial charge in [0.05, 0.1) is 5.52 Å². The first-order valence-electron chi connectivity index (χ1n) is 10.8. The average Bonchev–Trinajstić information content (AvgIpc) is 2.78. The molecule has 1 aromatic carbocycles. The van der Waals surface area contributed by atoms with Gasteiger partial charge in [0, 0.05) is 66.0 Å². The Morgan fingerprint density at radius 1 is 1.23 bits per heavy atom. The second-order valence-corrected chi connectivity index (χ2v) is 7.89. The van der Waals surface area contributed by atoms with Gasteiger partial charge in [-0.3, -0.25) is 4.99 Å². The molecule has 2 heterocycles. The summed E-state index contributed by atoms with van der Waals surface area (Å²) >= 11 is 0. The first-order valence-corrected chi connectivity index (χ1v) is 10.8. The zero-order valence-electron chi connectivity index (χ0n) is 18.5. The van der Waals surface area contributed by atoms with Gasteiger partial charge in [0.1, 0.15) is 5.82 Å². The van der Waals surface area contributed by atoms with Crippen molar-refractivity contribution in [2.45, 2.75) is 25.8 Å². The molecular weight excluding hydrogens is 378 g/mol. The number of guanidine groups is 1. The van der Waals surface area contributed by atoms with Gasteiger partial charge < -0.3 is 25.0 Å². The van der Waals surface area contributed by atoms with Gasteiger partial charge in [-0.25, -0.2) is 4.98 Å². The van der Waals surface area contributed by atoms with E-state index in [1.807, 2.05) is 25.1 Å². The van der Waals surface area contributed by atoms with E-state index in [1.165, 1.54) is 5.56 Å². The number of ether oxygens (including phenoxy) is 2. The molecule has 1 aromatic heterocycles. The van der Waals surface area contributed by atoms with Crippen molar-refractivity contribution in [3.63, 3.8) is 0 Å². The van der Waals surface area contributed by atoms with Crippen molar-refractivity contribution in [2.24, 2.45) is 10.9 Å². The molecule has 0 atom stereocenters. The van der Waals surface area contributed by atoms with Crippen LogP contribution < -0.4 is 15.5 Å². The van der Waals surface area contributed by atoms with Gasteiger partial charge in [-0.15, -0.1) is 0 Å². The lowest BCUT2D eigenvalue weighted by molar-refractivity contribution is 0.0203. The van der Waals surface area contributed by atoms with Crippen molar-refractivity contribution in [1.29, 1.82) is 0 Å². The summed E-state index contributed by atoms with van der Waals surface area (Å²) in [6.07, 6.45) is 3.19. The second kappa shape index (κ2) is 11.7. The maximum absolute atomic E-state index is 5.83. The number of nitrogens with one attached hydrogen (secondary N) is 2. The van der Waals surface area contributed by atoms with E-state index >= 15 is 0 Å². The lowest BCUT2D eigenvalue weighted by atomic mass is 10.0. The number of benzene rings is 1. The van der Waals surface area contributed by atoms with Crippen molar-refractivity contribution < 1.29 is 9.47 Å². The Kier molecular flexibility index (Phi) is 8.71. The normalized spacial score (nSPS) is 15.4. The molecule has 0 aliphatic carbocycles. The van der Waals surface area contributed by atoms with Gasteiger partial charge >= 0.3 is 0 Å². The zero-order valence-corrected chi connectivity index (χ0v) is 18.5. The largest absolute Gasteiger partial charge is 0.381 e. The predicted octanol–water partition coefficient (Wildman–Crippen LogP) is 2.80. The van der Waals surface area contributed by atoms with Crippen LogP contribution in [0.5, 0.6) is 0 Å². The van der Waals surface area contributed by atoms with Crippen LogP contribution in [-0.2, 0) is 16.0 Å². The summed E-state index contributed by atoms with van der Waals surface area (Å²) in [4.78, 5) is 11.1. The molecule has 1 aliphatic rings. The SMILES string of the molecule is CN=C(NCCCOCC1CCOCC1)NCc1cc(N(C)C)nc2ccccc12. The molecule has 1 saturated heterocycles. The Bertz CT molecular complexity index is 818. The number of fused-ring (bicyclic) bond motifs is 1. The van der Waals surface area contributed by atoms with Crippen LogP contribution in [0.4, 0.5) is 5.82 Å². The molecule has 0 bridgehead atoms. The molecule has 1 fully saturated rings. The summed E-state index contributed by atoms with van der Waals surface area (Å²) in [5.74, 6) is 2.41. The van der Waals surface area contributed by atoms with E-state index in [0.717, 1.165) is 74.9 Å². The van der Waals surface area contributed by atoms with Crippen molar-refractivity contribution in [3.05, 3.63) is 35.9 Å². The third-order valence-electron chi connectivity index (χ3n) is 5.37. The monoisotopic (exact) mass is 413 g/mol. The minimum Gasteiger partial charge on any atom is -0.381 e. The van der Waals surface area contributed by atoms with E-state index in [1.54, 1.807) is 7.05 Å². The molecule has 7 heteroatoms. The Hall–Kier alpha value is -2.38. The van der Waals surface area contributed by atoms with Crippen LogP contribution >= 0.6 is 0 Å². The third kappa shape index (κ3) is 6.57. The molecular formula is C23H35N5O2. The maximum atomic E-state index is 5.83. The van der Waals surface area contributed by atoms with Crippen molar-refractivity contribution >= 4 is 22.7 Å². The van der Waals surface area contributed by atoms with Crippen molar-refractivity contribution in [1.82, 2.24) is 15.6 Å². The van der Waals surface area contributed by atoms with Crippen molar-refractivity contribution in [2.75, 3.05) is 59.0 Å². The van der Waals surface area contributed by atoms with E-state index in [9.17, 15) is 0 Å². The first kappa shape index (κ1) is 22.3. The quantitative estimate of drug-likeness (QED) is 0.374. The van der Waals surface area contributed by atoms with Gasteiger partial charge in [-0.05, 0) is 42.9 Å². The highest BCUT2D eigenvalue weighted by molar-refractivity contribution is 5.85. The number of aromatic nitrogens is 1. The molecule has 3 rings (SSSR count). The highest BCUT2D eigenvalue weighted by atomic mass is 16.5. The molecule has 0 spiro atoms. The number of hydrogen-bond acceptors (Lipinski definition) is 5. The fourth-order valence-electron chi connectivity index (χ4n) is 3.55. The van der Waals surface area contributed by atoms with Crippen LogP contribution in [0.25, 0.3) is 10.9 Å². The second-order valence-electron chi connectivity index (χ2n) is 7.89. The van der Waals surface area contributed by atoms with Crippen LogP contribution in [-0.4, -0.2) is 65.1 Å². The number of anilines is 1. The lowest BCUT2D eigenvalue weighted by Crippen LogP contribution is -2.37. The minimum atomic E-state index is 0.656. The molecule has 0 unspecified atom stereocenters. The number of pyridine rings is 1. The fourth-order valence-corrected chi connectivity index (χ4v) is 3.55. The van der Waals surface area contributed by atoms with Crippen LogP contribution in [0.1, 0.15) is 24.8 Å². The average molecular weight is 414 g/mol. The van der Waals surface area contributed by atoms with Gasteiger partial charge in [0.25, 0.3) is 0 Å². The highest BCUT2D eigenvalue weighted by Crippen LogP contribution is 2.22. The standard InChI is InChI=1S/C23H35N5O2/c1-24-23(25-11-6-12-30-17-18-9-13-29-14-10-18)26-16-19-15-22(28(2)3)27-21-8-5-4-7-20(19)21/h4-5,7-8,15,18H,6,9-14,16-17H2,1-3H3,(H2,24,25,26). The van der Waals surface area contributed by atoms with E-state index in [2.05, 4.69) is 39.9 Å². The maximum Gasteiger partial charge on any atom is 0.191 e. The molecule has 0 amide bonds. The molecule has 7 nitrogen and oxygen atoms in total. The summed E-state index contributed by atoms with van der Waals surface area (Å²) in [5, 5.41) is 7.96. The van der Waals surface area contributed by atoms with E-state index in [4.69, 9.17) is 14.5 Å². The van der Waals surface area contributed by atoms with Crippen LogP contribution in [0.15, 0.2) is 35.3 Å². The molecule has 0 saturated carbocycles. The lowest BCUT2D eigenvalue weighted by Gasteiger charge is -2.21. The van der Waals surface area contributed by atoms with Gasteiger partial charge in [0.2, 0.25) is 0 Å². The zero-order chi connectivity index (χ0) is 21.2. The molecule has 1 aliphatic heterocycles. The molecule has 2 N–H and O–H groups in total. The smallest absolute Gasteiger partial charge is 0.191 e. The van der Waals surface area contributed by atoms with Crippen molar-refractivity contribution in [3.8, 4) is 0 Å². The Morgan fingerprint density at radius 3 is 2.80 bits per heavy atom. The third-order valence-corrected chi connectivity index (χ3v) is 5.37. The summed E-state index contributed by atoms with van der Waals surface area (Å²) in [6, 6.07) is 10.4. The van der Waals surface area contributed by atoms with Crippen LogP contribution in [0, 0.1) is 5.92 Å². The van der Waals surface area contributed by atoms with E-state index in [-0.39, 0.29) is 0 Å². The number of aliphatic imine (C=N–C) groups is 1. The molecule has 0 radical (unpaired) electrons. The fraction of sp³-hybridized carbons (Fsp3) is 0.565. The minimum absolute atomic E-state index is 0.656. The topological polar surface area (TPSA) is 71.0 Å². The predicted molar refractivity (Wildman–Crippen MR) is 123 cm³/mol. The number of hydrogen-bond donors (Lipinski definition) is 2. The van der Waals surface area contributed by atoms with Crippen LogP contribution in [0.3, 0.4) is 0 Å². The Balaban J connectivity index is 1.44. The summed E-state index contributed by atoms with van der Waals surface area (Å²) in [5.41, 5.74) is 2.21. The van der Waals surface area contributed by atoms with E-state index < -0.39 is 0 Å². The number of para-hydroxylation sites is 1. The summed E-state index contributed by atoms with van der Waals surface area (Å²) < 4.78 is 11.2. The van der Waals surface area contributed by atoms with Gasteiger partial charge in [-0.2, -0.15) is 0 Å². The number of rotatable bonds is 9. The first-order chi connectivity index (χ1) is 14.7. The Morgan fingerprint density at radius 2 is 2.03 bits per heavy atom. The molecule has 2 aromatic rings. The van der Waals surface area contributed by atoms with Crippen LogP contribution in [0.2, 0.25) is 0 Å². The Labute approximate surface area is 179 Å². The molecule has 30 heavy (non-hydrogen) atoms. The van der Waals surface area contributed by atoms with Gasteiger partial charge in [-0.1, -0.05) is 18.2 Å².